The summed E-state index contributed by atoms with van der Waals surface area (Å²) in [5, 5.41) is 2.75. The summed E-state index contributed by atoms with van der Waals surface area (Å²) >= 11 is 0. The molecule has 7 nitrogen and oxygen atoms in total. The lowest BCUT2D eigenvalue weighted by molar-refractivity contribution is -0.153. The Balaban J connectivity index is 1.83. The van der Waals surface area contributed by atoms with Crippen molar-refractivity contribution in [3.8, 4) is 5.75 Å². The van der Waals surface area contributed by atoms with E-state index in [0.29, 0.717) is 32.5 Å². The van der Waals surface area contributed by atoms with E-state index in [1.165, 1.54) is 18.2 Å². The number of carbonyl (C=O) groups excluding carboxylic acids is 2. The predicted octanol–water partition coefficient (Wildman–Crippen LogP) is 3.59. The van der Waals surface area contributed by atoms with Gasteiger partial charge in [0.2, 0.25) is 0 Å². The monoisotopic (exact) mass is 431 g/mol. The van der Waals surface area contributed by atoms with Crippen LogP contribution >= 0.6 is 0 Å². The van der Waals surface area contributed by atoms with Gasteiger partial charge in [0.25, 0.3) is 5.91 Å². The van der Waals surface area contributed by atoms with Crippen molar-refractivity contribution >= 4 is 17.7 Å². The molecule has 1 heterocycles. The number of piperidine rings is 1. The highest BCUT2D eigenvalue weighted by Gasteiger charge is 2.29. The van der Waals surface area contributed by atoms with Gasteiger partial charge >= 0.3 is 12.3 Å². The molecule has 1 fully saturated rings. The summed E-state index contributed by atoms with van der Waals surface area (Å²) < 4.78 is 46.7. The Morgan fingerprint density at radius 3 is 2.37 bits per heavy atom. The lowest BCUT2D eigenvalue weighted by Crippen LogP contribution is -2.42. The average Bonchev–Trinajstić information content (AvgIpc) is 2.63. The van der Waals surface area contributed by atoms with Crippen molar-refractivity contribution in [1.29, 1.82) is 0 Å². The zero-order chi connectivity index (χ0) is 22.5. The lowest BCUT2D eigenvalue weighted by Gasteiger charge is -2.32. The fraction of sp³-hybridized carbons (Fsp3) is 0.600. The number of amides is 2. The van der Waals surface area contributed by atoms with Crippen LogP contribution in [-0.4, -0.2) is 54.9 Å². The minimum absolute atomic E-state index is 0.0263. The number of hydrogen-bond donors (Lipinski definition) is 2. The first kappa shape index (κ1) is 23.6. The van der Waals surface area contributed by atoms with Gasteiger partial charge in [0.15, 0.2) is 6.61 Å². The number of rotatable bonds is 5. The molecule has 0 aromatic heterocycles. The molecule has 0 spiro atoms. The van der Waals surface area contributed by atoms with Gasteiger partial charge in [-0.25, -0.2) is 4.79 Å². The second kappa shape index (κ2) is 9.44. The molecular formula is C20H28F3N3O4. The molecule has 1 aliphatic heterocycles. The fourth-order valence-electron chi connectivity index (χ4n) is 3.04. The van der Waals surface area contributed by atoms with Crippen LogP contribution in [-0.2, 0) is 4.74 Å². The molecule has 2 rings (SSSR count). The van der Waals surface area contributed by atoms with E-state index in [0.717, 1.165) is 0 Å². The molecule has 0 unspecified atom stereocenters. The third kappa shape index (κ3) is 7.64. The van der Waals surface area contributed by atoms with Crippen LogP contribution in [0.3, 0.4) is 0 Å². The van der Waals surface area contributed by atoms with Crippen LogP contribution in [0.15, 0.2) is 18.2 Å². The number of nitrogen functional groups attached to an aromatic ring is 1. The van der Waals surface area contributed by atoms with Crippen LogP contribution in [0.4, 0.5) is 23.7 Å². The van der Waals surface area contributed by atoms with Crippen molar-refractivity contribution in [2.75, 3.05) is 32.0 Å². The summed E-state index contributed by atoms with van der Waals surface area (Å²) in [5.41, 5.74) is 5.44. The molecule has 0 bridgehead atoms. The standard InChI is InChI=1S/C20H28F3N3O4/c1-19(2,3)30-18(28)25-11-13-6-8-26(9-7-13)17(27)14-4-5-16(15(24)10-14)29-12-20(21,22)23/h4-5,10,13H,6-9,11-12,24H2,1-3H3,(H,25,28). The van der Waals surface area contributed by atoms with E-state index < -0.39 is 24.5 Å². The molecule has 168 valence electrons. The normalized spacial score (nSPS) is 15.6. The van der Waals surface area contributed by atoms with Gasteiger partial charge in [0, 0.05) is 25.2 Å². The second-order valence-electron chi connectivity index (χ2n) is 8.27. The zero-order valence-corrected chi connectivity index (χ0v) is 17.3. The number of nitrogens with two attached hydrogens (primary N) is 1. The maximum Gasteiger partial charge on any atom is 0.422 e. The number of nitrogens with zero attached hydrogens (tertiary/aromatic N) is 1. The number of likely N-dealkylation sites (tertiary alicyclic amines) is 1. The van der Waals surface area contributed by atoms with Crippen LogP contribution in [0.5, 0.6) is 5.75 Å². The maximum absolute atomic E-state index is 12.7. The largest absolute Gasteiger partial charge is 0.482 e. The molecule has 1 aliphatic rings. The molecule has 30 heavy (non-hydrogen) atoms. The van der Waals surface area contributed by atoms with Gasteiger partial charge in [0.1, 0.15) is 11.4 Å². The average molecular weight is 431 g/mol. The molecule has 3 N–H and O–H groups in total. The topological polar surface area (TPSA) is 93.9 Å². The molecule has 0 radical (unpaired) electrons. The molecule has 1 aromatic carbocycles. The van der Waals surface area contributed by atoms with Crippen molar-refractivity contribution in [3.63, 3.8) is 0 Å². The Bertz CT molecular complexity index is 755. The number of carbonyl (C=O) groups is 2. The van der Waals surface area contributed by atoms with Gasteiger partial charge in [-0.2, -0.15) is 13.2 Å². The number of hydrogen-bond acceptors (Lipinski definition) is 5. The third-order valence-corrected chi connectivity index (χ3v) is 4.48. The Hall–Kier alpha value is -2.65. The molecule has 10 heteroatoms. The van der Waals surface area contributed by atoms with Crippen LogP contribution in [0.2, 0.25) is 0 Å². The van der Waals surface area contributed by atoms with E-state index in [-0.39, 0.29) is 28.8 Å². The molecule has 2 amide bonds. The first-order valence-electron chi connectivity index (χ1n) is 9.69. The van der Waals surface area contributed by atoms with Gasteiger partial charge < -0.3 is 25.4 Å². The van der Waals surface area contributed by atoms with E-state index in [1.54, 1.807) is 25.7 Å². The van der Waals surface area contributed by atoms with E-state index >= 15 is 0 Å². The highest BCUT2D eigenvalue weighted by Crippen LogP contribution is 2.27. The van der Waals surface area contributed by atoms with Gasteiger partial charge in [-0.05, 0) is 57.7 Å². The second-order valence-corrected chi connectivity index (χ2v) is 8.27. The SMILES string of the molecule is CC(C)(C)OC(=O)NCC1CCN(C(=O)c2ccc(OCC(F)(F)F)c(N)c2)CC1. The van der Waals surface area contributed by atoms with Crippen molar-refractivity contribution in [1.82, 2.24) is 10.2 Å². The predicted molar refractivity (Wildman–Crippen MR) is 105 cm³/mol. The van der Waals surface area contributed by atoms with Crippen molar-refractivity contribution in [2.45, 2.75) is 45.4 Å². The van der Waals surface area contributed by atoms with Crippen LogP contribution < -0.4 is 15.8 Å². The van der Waals surface area contributed by atoms with Crippen LogP contribution in [0.1, 0.15) is 44.0 Å². The van der Waals surface area contributed by atoms with Crippen molar-refractivity contribution in [3.05, 3.63) is 23.8 Å². The fourth-order valence-corrected chi connectivity index (χ4v) is 3.04. The summed E-state index contributed by atoms with van der Waals surface area (Å²) in [6.07, 6.45) is -3.51. The Kier molecular flexibility index (Phi) is 7.44. The molecule has 1 saturated heterocycles. The van der Waals surface area contributed by atoms with Crippen molar-refractivity contribution < 1.29 is 32.2 Å². The molecule has 0 atom stereocenters. The van der Waals surface area contributed by atoms with E-state index in [4.69, 9.17) is 10.5 Å². The summed E-state index contributed by atoms with van der Waals surface area (Å²) in [6, 6.07) is 4.00. The number of alkyl halides is 3. The van der Waals surface area contributed by atoms with Crippen LogP contribution in [0.25, 0.3) is 0 Å². The van der Waals surface area contributed by atoms with Crippen LogP contribution in [0, 0.1) is 5.92 Å². The summed E-state index contributed by atoms with van der Waals surface area (Å²) in [4.78, 5) is 26.1. The minimum Gasteiger partial charge on any atom is -0.482 e. The van der Waals surface area contributed by atoms with E-state index in [9.17, 15) is 22.8 Å². The highest BCUT2D eigenvalue weighted by atomic mass is 19.4. The van der Waals surface area contributed by atoms with Gasteiger partial charge in [-0.1, -0.05) is 0 Å². The van der Waals surface area contributed by atoms with E-state index in [1.807, 2.05) is 0 Å². The van der Waals surface area contributed by atoms with Crippen molar-refractivity contribution in [2.24, 2.45) is 5.92 Å². The first-order valence-corrected chi connectivity index (χ1v) is 9.69. The summed E-state index contributed by atoms with van der Waals surface area (Å²) in [5.74, 6) is -0.136. The molecular weight excluding hydrogens is 403 g/mol. The maximum atomic E-state index is 12.7. The number of halogens is 3. The molecule has 0 aliphatic carbocycles. The molecule has 1 aromatic rings. The number of nitrogens with one attached hydrogen (secondary N) is 1. The van der Waals surface area contributed by atoms with Gasteiger partial charge in [0.05, 0.1) is 5.69 Å². The smallest absolute Gasteiger partial charge is 0.422 e. The van der Waals surface area contributed by atoms with E-state index in [2.05, 4.69) is 10.1 Å². The summed E-state index contributed by atoms with van der Waals surface area (Å²) in [6.45, 7) is 5.40. The quantitative estimate of drug-likeness (QED) is 0.695. The minimum atomic E-state index is -4.47. The van der Waals surface area contributed by atoms with Gasteiger partial charge in [-0.3, -0.25) is 4.79 Å². The lowest BCUT2D eigenvalue weighted by atomic mass is 9.96. The highest BCUT2D eigenvalue weighted by molar-refractivity contribution is 5.95. The summed E-state index contributed by atoms with van der Waals surface area (Å²) in [7, 11) is 0. The number of ether oxygens (including phenoxy) is 2. The zero-order valence-electron chi connectivity index (χ0n) is 17.3. The van der Waals surface area contributed by atoms with Gasteiger partial charge in [-0.15, -0.1) is 0 Å². The Morgan fingerprint density at radius 1 is 1.20 bits per heavy atom. The number of benzene rings is 1. The first-order chi connectivity index (χ1) is 13.8. The Labute approximate surface area is 173 Å². The number of anilines is 1. The Morgan fingerprint density at radius 2 is 1.83 bits per heavy atom. The third-order valence-electron chi connectivity index (χ3n) is 4.48. The molecule has 0 saturated carbocycles. The number of alkyl carbamates (subject to hydrolysis) is 1.